The van der Waals surface area contributed by atoms with Gasteiger partial charge in [-0.3, -0.25) is 14.8 Å². The third kappa shape index (κ3) is 7.15. The lowest BCUT2D eigenvalue weighted by molar-refractivity contribution is 0.103. The van der Waals surface area contributed by atoms with E-state index in [-0.39, 0.29) is 11.2 Å². The van der Waals surface area contributed by atoms with Crippen LogP contribution in [0.2, 0.25) is 0 Å². The minimum absolute atomic E-state index is 0.0553. The van der Waals surface area contributed by atoms with Crippen molar-refractivity contribution in [2.45, 2.75) is 109 Å². The number of hydrogen-bond acceptors (Lipinski definition) is 3. The Balaban J connectivity index is 1.44. The van der Waals surface area contributed by atoms with Gasteiger partial charge in [0.2, 0.25) is 5.78 Å². The molecular weight excluding hydrogens is 524 g/mol. The summed E-state index contributed by atoms with van der Waals surface area (Å²) in [7, 11) is 0. The highest BCUT2D eigenvalue weighted by molar-refractivity contribution is 6.06. The maximum Gasteiger partial charge on any atom is 0.229 e. The maximum absolute atomic E-state index is 12.9. The Hall–Kier alpha value is -3.59. The summed E-state index contributed by atoms with van der Waals surface area (Å²) in [5, 5.41) is 0. The number of pyridine rings is 2. The summed E-state index contributed by atoms with van der Waals surface area (Å²) < 4.78 is 0. The van der Waals surface area contributed by atoms with Crippen LogP contribution >= 0.6 is 0 Å². The summed E-state index contributed by atoms with van der Waals surface area (Å²) in [6.45, 7) is 4.59. The van der Waals surface area contributed by atoms with Gasteiger partial charge in [-0.05, 0) is 64.9 Å². The monoisotopic (exact) mass is 572 g/mol. The number of unbranched alkanes of at least 4 members (excludes halogenated alkanes) is 10. The average Bonchev–Trinajstić information content (AvgIpc) is 3.33. The Morgan fingerprint density at radius 2 is 1.19 bits per heavy atom. The first kappa shape index (κ1) is 30.9. The van der Waals surface area contributed by atoms with Gasteiger partial charge in [0.05, 0.1) is 0 Å². The summed E-state index contributed by atoms with van der Waals surface area (Å²) in [4.78, 5) is 21.7. The van der Waals surface area contributed by atoms with Gasteiger partial charge < -0.3 is 0 Å². The molecular formula is C40H48N2O. The number of carbonyl (C=O) groups excluding carboxylic acids is 1. The van der Waals surface area contributed by atoms with Gasteiger partial charge in [0.15, 0.2) is 0 Å². The fraction of sp³-hybridized carbons (Fsp3) is 0.425. The first-order chi connectivity index (χ1) is 21.2. The van der Waals surface area contributed by atoms with E-state index in [0.29, 0.717) is 11.4 Å². The molecule has 0 aliphatic heterocycles. The van der Waals surface area contributed by atoms with Crippen molar-refractivity contribution in [3.63, 3.8) is 0 Å². The topological polar surface area (TPSA) is 42.9 Å². The van der Waals surface area contributed by atoms with Gasteiger partial charge in [-0.1, -0.05) is 139 Å². The molecule has 2 aromatic heterocycles. The van der Waals surface area contributed by atoms with Crippen LogP contribution in [0.15, 0.2) is 85.2 Å². The van der Waals surface area contributed by atoms with E-state index >= 15 is 0 Å². The van der Waals surface area contributed by atoms with E-state index in [1.165, 1.54) is 118 Å². The molecule has 0 amide bonds. The van der Waals surface area contributed by atoms with Crippen molar-refractivity contribution in [1.82, 2.24) is 9.97 Å². The van der Waals surface area contributed by atoms with Gasteiger partial charge in [-0.25, -0.2) is 0 Å². The lowest BCUT2D eigenvalue weighted by atomic mass is 9.70. The second-order valence-corrected chi connectivity index (χ2v) is 12.4. The molecule has 2 aromatic carbocycles. The van der Waals surface area contributed by atoms with Crippen LogP contribution in [0.5, 0.6) is 0 Å². The second kappa shape index (κ2) is 15.2. The van der Waals surface area contributed by atoms with Crippen molar-refractivity contribution in [3.8, 4) is 22.3 Å². The van der Waals surface area contributed by atoms with Gasteiger partial charge in [0.25, 0.3) is 0 Å². The molecule has 0 saturated carbocycles. The van der Waals surface area contributed by atoms with Crippen LogP contribution in [0.3, 0.4) is 0 Å². The highest BCUT2D eigenvalue weighted by Crippen LogP contribution is 2.54. The number of fused-ring (bicyclic) bond motifs is 3. The molecule has 5 rings (SSSR count). The Labute approximate surface area is 259 Å². The number of hydrogen-bond donors (Lipinski definition) is 0. The number of ketones is 1. The van der Waals surface area contributed by atoms with Gasteiger partial charge in [0, 0.05) is 23.4 Å². The standard InChI is InChI=1S/C40H48N2O/c1-3-5-7-9-11-16-26-40(27-17-12-10-8-6-4-2)35-20-14-13-19-33(35)34-24-22-31(29-36(34)40)32-23-25-38(42-30-32)39(43)37-21-15-18-28-41-37/h13-15,18-25,28-30H,3-12,16-17,26-27H2,1-2H3. The third-order valence-corrected chi connectivity index (χ3v) is 9.41. The molecule has 0 atom stereocenters. The molecule has 0 unspecified atom stereocenters. The summed E-state index contributed by atoms with van der Waals surface area (Å²) in [5.74, 6) is -0.145. The smallest absolute Gasteiger partial charge is 0.229 e. The molecule has 3 nitrogen and oxygen atoms in total. The SMILES string of the molecule is CCCCCCCCC1(CCCCCCCC)c2ccccc2-c2ccc(-c3ccc(C(=O)c4ccccn4)nc3)cc21. The minimum Gasteiger partial charge on any atom is -0.285 e. The van der Waals surface area contributed by atoms with Gasteiger partial charge in [-0.2, -0.15) is 0 Å². The molecule has 0 fully saturated rings. The first-order valence-corrected chi connectivity index (χ1v) is 16.8. The van der Waals surface area contributed by atoms with Gasteiger partial charge in [-0.15, -0.1) is 0 Å². The van der Waals surface area contributed by atoms with Crippen LogP contribution < -0.4 is 0 Å². The normalized spacial score (nSPS) is 13.1. The quantitative estimate of drug-likeness (QED) is 0.0933. The number of benzene rings is 2. The number of nitrogens with zero attached hydrogens (tertiary/aromatic N) is 2. The lowest BCUT2D eigenvalue weighted by Gasteiger charge is -2.33. The molecule has 43 heavy (non-hydrogen) atoms. The van der Waals surface area contributed by atoms with E-state index in [9.17, 15) is 4.79 Å². The number of rotatable bonds is 17. The van der Waals surface area contributed by atoms with Crippen LogP contribution in [0, 0.1) is 0 Å². The predicted molar refractivity (Wildman–Crippen MR) is 180 cm³/mol. The molecule has 0 radical (unpaired) electrons. The summed E-state index contributed by atoms with van der Waals surface area (Å²) in [6.07, 6.45) is 21.7. The minimum atomic E-state index is -0.145. The summed E-state index contributed by atoms with van der Waals surface area (Å²) in [6, 6.07) is 25.5. The van der Waals surface area contributed by atoms with Crippen LogP contribution in [0.1, 0.15) is 131 Å². The van der Waals surface area contributed by atoms with Gasteiger partial charge in [0.1, 0.15) is 11.4 Å². The van der Waals surface area contributed by atoms with E-state index in [1.807, 2.05) is 30.5 Å². The largest absolute Gasteiger partial charge is 0.285 e. The summed E-state index contributed by atoms with van der Waals surface area (Å²) >= 11 is 0. The van der Waals surface area contributed by atoms with Crippen molar-refractivity contribution in [2.75, 3.05) is 0 Å². The second-order valence-electron chi connectivity index (χ2n) is 12.4. The lowest BCUT2D eigenvalue weighted by Crippen LogP contribution is -2.25. The van der Waals surface area contributed by atoms with E-state index in [4.69, 9.17) is 0 Å². The molecule has 224 valence electrons. The third-order valence-electron chi connectivity index (χ3n) is 9.41. The highest BCUT2D eigenvalue weighted by Gasteiger charge is 2.42. The molecule has 4 aromatic rings. The highest BCUT2D eigenvalue weighted by atomic mass is 16.1. The number of carbonyl (C=O) groups is 1. The van der Waals surface area contributed by atoms with Crippen LogP contribution in [-0.2, 0) is 5.41 Å². The van der Waals surface area contributed by atoms with Gasteiger partial charge >= 0.3 is 0 Å². The molecule has 0 saturated heterocycles. The molecule has 0 spiro atoms. The molecule has 1 aliphatic carbocycles. The molecule has 2 heterocycles. The Morgan fingerprint density at radius 1 is 0.581 bits per heavy atom. The Kier molecular flexibility index (Phi) is 10.9. The Morgan fingerprint density at radius 3 is 1.84 bits per heavy atom. The molecule has 3 heteroatoms. The average molecular weight is 573 g/mol. The molecule has 1 aliphatic rings. The fourth-order valence-electron chi connectivity index (χ4n) is 7.04. The van der Waals surface area contributed by atoms with Crippen molar-refractivity contribution in [2.24, 2.45) is 0 Å². The van der Waals surface area contributed by atoms with E-state index in [1.54, 1.807) is 12.3 Å². The molecule has 0 bridgehead atoms. The van der Waals surface area contributed by atoms with Crippen LogP contribution in [-0.4, -0.2) is 15.8 Å². The Bertz CT molecular complexity index is 1440. The first-order valence-electron chi connectivity index (χ1n) is 16.8. The van der Waals surface area contributed by atoms with E-state index in [0.717, 1.165) is 5.56 Å². The summed E-state index contributed by atoms with van der Waals surface area (Å²) in [5.41, 5.74) is 8.95. The van der Waals surface area contributed by atoms with Crippen LogP contribution in [0.4, 0.5) is 0 Å². The van der Waals surface area contributed by atoms with Crippen molar-refractivity contribution < 1.29 is 4.79 Å². The number of aromatic nitrogens is 2. The predicted octanol–water partition coefficient (Wildman–Crippen LogP) is 11.1. The fourth-order valence-corrected chi connectivity index (χ4v) is 7.04. The van der Waals surface area contributed by atoms with Crippen molar-refractivity contribution in [1.29, 1.82) is 0 Å². The zero-order chi connectivity index (χ0) is 29.9. The zero-order valence-corrected chi connectivity index (χ0v) is 26.3. The van der Waals surface area contributed by atoms with E-state index < -0.39 is 0 Å². The molecule has 0 N–H and O–H groups in total. The van der Waals surface area contributed by atoms with Crippen molar-refractivity contribution in [3.05, 3.63) is 108 Å². The maximum atomic E-state index is 12.9. The van der Waals surface area contributed by atoms with Crippen molar-refractivity contribution >= 4 is 5.78 Å². The van der Waals surface area contributed by atoms with Crippen LogP contribution in [0.25, 0.3) is 22.3 Å². The zero-order valence-electron chi connectivity index (χ0n) is 26.3. The van der Waals surface area contributed by atoms with E-state index in [2.05, 4.69) is 66.3 Å².